The van der Waals surface area contributed by atoms with Crippen molar-refractivity contribution < 1.29 is 4.79 Å². The van der Waals surface area contributed by atoms with E-state index in [9.17, 15) is 4.79 Å². The van der Waals surface area contributed by atoms with Gasteiger partial charge in [-0.05, 0) is 80.4 Å². The maximum absolute atomic E-state index is 12.8. The highest BCUT2D eigenvalue weighted by Crippen LogP contribution is 2.24. The van der Waals surface area contributed by atoms with Crippen LogP contribution in [0.15, 0.2) is 18.2 Å². The Morgan fingerprint density at radius 2 is 2.25 bits per heavy atom. The highest BCUT2D eigenvalue weighted by Gasteiger charge is 2.28. The number of rotatable bonds is 4. The van der Waals surface area contributed by atoms with Crippen LogP contribution in [0.4, 0.5) is 0 Å². The molecule has 20 heavy (non-hydrogen) atoms. The Balaban J connectivity index is 2.18. The lowest BCUT2D eigenvalue weighted by atomic mass is 9.98. The number of hydrogen-bond donors (Lipinski definition) is 1. The lowest BCUT2D eigenvalue weighted by Crippen LogP contribution is -2.45. The molecule has 1 fully saturated rings. The van der Waals surface area contributed by atoms with E-state index in [-0.39, 0.29) is 5.91 Å². The van der Waals surface area contributed by atoms with Crippen molar-refractivity contribution in [1.82, 2.24) is 10.2 Å². The minimum Gasteiger partial charge on any atom is -0.336 e. The SMILES string of the molecule is CNCCC1CCCCN1C(=O)c1cccc(C)c1I. The van der Waals surface area contributed by atoms with E-state index >= 15 is 0 Å². The summed E-state index contributed by atoms with van der Waals surface area (Å²) in [5.74, 6) is 0.207. The quantitative estimate of drug-likeness (QED) is 0.807. The predicted octanol–water partition coefficient (Wildman–Crippen LogP) is 3.20. The van der Waals surface area contributed by atoms with E-state index in [1.54, 1.807) is 0 Å². The topological polar surface area (TPSA) is 32.3 Å². The molecule has 1 unspecified atom stereocenters. The monoisotopic (exact) mass is 386 g/mol. The Kier molecular flexibility index (Phi) is 5.84. The largest absolute Gasteiger partial charge is 0.336 e. The number of hydrogen-bond acceptors (Lipinski definition) is 2. The molecule has 1 aliphatic heterocycles. The molecule has 0 aliphatic carbocycles. The number of piperidine rings is 1. The summed E-state index contributed by atoms with van der Waals surface area (Å²) >= 11 is 2.29. The van der Waals surface area contributed by atoms with Crippen molar-refractivity contribution in [3.63, 3.8) is 0 Å². The van der Waals surface area contributed by atoms with Crippen molar-refractivity contribution >= 4 is 28.5 Å². The zero-order valence-corrected chi connectivity index (χ0v) is 14.4. The molecule has 1 heterocycles. The number of amides is 1. The zero-order valence-electron chi connectivity index (χ0n) is 12.3. The third kappa shape index (κ3) is 3.52. The second kappa shape index (κ2) is 7.41. The van der Waals surface area contributed by atoms with Gasteiger partial charge in [-0.3, -0.25) is 4.79 Å². The van der Waals surface area contributed by atoms with Crippen LogP contribution in [0.25, 0.3) is 0 Å². The van der Waals surface area contributed by atoms with Gasteiger partial charge in [-0.15, -0.1) is 0 Å². The summed E-state index contributed by atoms with van der Waals surface area (Å²) in [7, 11) is 1.97. The van der Waals surface area contributed by atoms with Gasteiger partial charge in [0.1, 0.15) is 0 Å². The van der Waals surface area contributed by atoms with Crippen LogP contribution in [-0.4, -0.2) is 37.0 Å². The molecule has 1 aromatic carbocycles. The minimum atomic E-state index is 0.207. The smallest absolute Gasteiger partial charge is 0.255 e. The van der Waals surface area contributed by atoms with Crippen LogP contribution in [0.3, 0.4) is 0 Å². The molecule has 0 aromatic heterocycles. The zero-order chi connectivity index (χ0) is 14.5. The predicted molar refractivity (Wildman–Crippen MR) is 91.1 cm³/mol. The molecule has 110 valence electrons. The normalized spacial score (nSPS) is 19.1. The van der Waals surface area contributed by atoms with Gasteiger partial charge in [-0.2, -0.15) is 0 Å². The van der Waals surface area contributed by atoms with Crippen LogP contribution < -0.4 is 5.32 Å². The van der Waals surface area contributed by atoms with Gasteiger partial charge in [0.05, 0.1) is 5.56 Å². The second-order valence-electron chi connectivity index (χ2n) is 5.48. The van der Waals surface area contributed by atoms with Crippen molar-refractivity contribution in [2.75, 3.05) is 20.1 Å². The first kappa shape index (κ1) is 15.8. The molecule has 1 atom stereocenters. The lowest BCUT2D eigenvalue weighted by molar-refractivity contribution is 0.0601. The molecule has 1 aliphatic rings. The number of nitrogens with one attached hydrogen (secondary N) is 1. The molecule has 1 amide bonds. The van der Waals surface area contributed by atoms with Gasteiger partial charge >= 0.3 is 0 Å². The maximum atomic E-state index is 12.8. The lowest BCUT2D eigenvalue weighted by Gasteiger charge is -2.36. The van der Waals surface area contributed by atoms with E-state index in [0.717, 1.165) is 41.5 Å². The van der Waals surface area contributed by atoms with Crippen LogP contribution in [0.2, 0.25) is 0 Å². The van der Waals surface area contributed by atoms with Crippen LogP contribution in [-0.2, 0) is 0 Å². The third-order valence-electron chi connectivity index (χ3n) is 4.04. The average molecular weight is 386 g/mol. The molecule has 0 radical (unpaired) electrons. The van der Waals surface area contributed by atoms with Crippen LogP contribution in [0.5, 0.6) is 0 Å². The molecule has 1 saturated heterocycles. The molecule has 2 rings (SSSR count). The minimum absolute atomic E-state index is 0.207. The Hall–Kier alpha value is -0.620. The van der Waals surface area contributed by atoms with Gasteiger partial charge in [0.15, 0.2) is 0 Å². The number of halogens is 1. The number of likely N-dealkylation sites (tertiary alicyclic amines) is 1. The molecule has 4 heteroatoms. The first-order valence-electron chi connectivity index (χ1n) is 7.36. The number of nitrogens with zero attached hydrogens (tertiary/aromatic N) is 1. The van der Waals surface area contributed by atoms with Crippen molar-refractivity contribution in [3.8, 4) is 0 Å². The Labute approximate surface area is 135 Å². The summed E-state index contributed by atoms with van der Waals surface area (Å²) in [6.45, 7) is 3.93. The summed E-state index contributed by atoms with van der Waals surface area (Å²) in [6.07, 6.45) is 4.55. The fraction of sp³-hybridized carbons (Fsp3) is 0.562. The molecule has 0 spiro atoms. The maximum Gasteiger partial charge on any atom is 0.255 e. The number of aryl methyl sites for hydroxylation is 1. The molecule has 1 N–H and O–H groups in total. The Bertz CT molecular complexity index is 476. The summed E-state index contributed by atoms with van der Waals surface area (Å²) in [4.78, 5) is 14.9. The fourth-order valence-electron chi connectivity index (χ4n) is 2.85. The molecule has 1 aromatic rings. The second-order valence-corrected chi connectivity index (χ2v) is 6.56. The van der Waals surface area contributed by atoms with Gasteiger partial charge in [0.25, 0.3) is 5.91 Å². The van der Waals surface area contributed by atoms with E-state index in [0.29, 0.717) is 6.04 Å². The highest BCUT2D eigenvalue weighted by molar-refractivity contribution is 14.1. The van der Waals surface area contributed by atoms with Gasteiger partial charge in [-0.1, -0.05) is 12.1 Å². The first-order valence-corrected chi connectivity index (χ1v) is 8.43. The van der Waals surface area contributed by atoms with Crippen molar-refractivity contribution in [3.05, 3.63) is 32.9 Å². The van der Waals surface area contributed by atoms with E-state index < -0.39 is 0 Å². The van der Waals surface area contributed by atoms with Crippen LogP contribution >= 0.6 is 22.6 Å². The summed E-state index contributed by atoms with van der Waals surface area (Å²) in [5.41, 5.74) is 2.04. The number of benzene rings is 1. The number of carbonyl (C=O) groups is 1. The van der Waals surface area contributed by atoms with Crippen LogP contribution in [0.1, 0.15) is 41.6 Å². The number of carbonyl (C=O) groups excluding carboxylic acids is 1. The Morgan fingerprint density at radius 3 is 3.00 bits per heavy atom. The average Bonchev–Trinajstić information content (AvgIpc) is 2.47. The first-order chi connectivity index (χ1) is 9.65. The molecule has 0 saturated carbocycles. The molecular weight excluding hydrogens is 363 g/mol. The molecule has 0 bridgehead atoms. The van der Waals surface area contributed by atoms with Crippen LogP contribution in [0, 0.1) is 10.5 Å². The van der Waals surface area contributed by atoms with Crippen molar-refractivity contribution in [2.24, 2.45) is 0 Å². The van der Waals surface area contributed by atoms with E-state index in [4.69, 9.17) is 0 Å². The van der Waals surface area contributed by atoms with E-state index in [1.807, 2.05) is 19.2 Å². The highest BCUT2D eigenvalue weighted by atomic mass is 127. The van der Waals surface area contributed by atoms with E-state index in [1.165, 1.54) is 12.0 Å². The van der Waals surface area contributed by atoms with Crippen molar-refractivity contribution in [2.45, 2.75) is 38.6 Å². The molecule has 3 nitrogen and oxygen atoms in total. The van der Waals surface area contributed by atoms with Gasteiger partial charge in [-0.25, -0.2) is 0 Å². The Morgan fingerprint density at radius 1 is 1.45 bits per heavy atom. The van der Waals surface area contributed by atoms with Gasteiger partial charge < -0.3 is 10.2 Å². The standard InChI is InChI=1S/C16H23IN2O/c1-12-6-5-8-14(15(12)17)16(20)19-11-4-3-7-13(19)9-10-18-2/h5-6,8,13,18H,3-4,7,9-11H2,1-2H3. The van der Waals surface area contributed by atoms with Gasteiger partial charge in [0, 0.05) is 16.2 Å². The summed E-state index contributed by atoms with van der Waals surface area (Å²) in [6, 6.07) is 6.39. The summed E-state index contributed by atoms with van der Waals surface area (Å²) in [5, 5.41) is 3.20. The fourth-order valence-corrected chi connectivity index (χ4v) is 3.44. The molecular formula is C16H23IN2O. The van der Waals surface area contributed by atoms with Crippen molar-refractivity contribution in [1.29, 1.82) is 0 Å². The summed E-state index contributed by atoms with van der Waals surface area (Å²) < 4.78 is 1.09. The van der Waals surface area contributed by atoms with Gasteiger partial charge in [0.2, 0.25) is 0 Å². The van der Waals surface area contributed by atoms with E-state index in [2.05, 4.69) is 45.8 Å². The third-order valence-corrected chi connectivity index (χ3v) is 5.47.